The molecule has 1 aromatic heterocycles. The second-order valence-electron chi connectivity index (χ2n) is 3.26. The van der Waals surface area contributed by atoms with Crippen LogP contribution in [0.25, 0.3) is 0 Å². The van der Waals surface area contributed by atoms with Gasteiger partial charge in [0.05, 0.1) is 11.3 Å². The molecule has 0 spiro atoms. The van der Waals surface area contributed by atoms with Crippen LogP contribution in [0.5, 0.6) is 0 Å². The highest BCUT2D eigenvalue weighted by atomic mass is 19.3. The number of hydrogen-bond acceptors (Lipinski definition) is 4. The molecule has 0 atom stereocenters. The Kier molecular flexibility index (Phi) is 3.66. The van der Waals surface area contributed by atoms with Crippen molar-refractivity contribution < 1.29 is 23.6 Å². The van der Waals surface area contributed by atoms with Gasteiger partial charge >= 0.3 is 5.97 Å². The van der Waals surface area contributed by atoms with Crippen molar-refractivity contribution in [2.75, 3.05) is 0 Å². The molecular weight excluding hydrogens is 238 g/mol. The van der Waals surface area contributed by atoms with Crippen LogP contribution < -0.4 is 0 Å². The molecule has 0 aromatic carbocycles. The van der Waals surface area contributed by atoms with E-state index in [1.807, 2.05) is 0 Å². The zero-order valence-electron chi connectivity index (χ0n) is 8.68. The van der Waals surface area contributed by atoms with Crippen LogP contribution in [0.15, 0.2) is 6.20 Å². The van der Waals surface area contributed by atoms with E-state index in [-0.39, 0.29) is 11.1 Å². The summed E-state index contributed by atoms with van der Waals surface area (Å²) in [5, 5.41) is 19.2. The fraction of sp³-hybridized carbons (Fsp3) is 0.333. The van der Waals surface area contributed by atoms with Gasteiger partial charge in [0, 0.05) is 11.1 Å². The van der Waals surface area contributed by atoms with Crippen LogP contribution in [0.2, 0.25) is 0 Å². The van der Waals surface area contributed by atoms with Crippen LogP contribution in [0.4, 0.5) is 14.5 Å². The third-order valence-corrected chi connectivity index (χ3v) is 2.20. The van der Waals surface area contributed by atoms with Crippen molar-refractivity contribution in [2.24, 2.45) is 0 Å². The Morgan fingerprint density at radius 1 is 1.65 bits per heavy atom. The maximum absolute atomic E-state index is 12.6. The van der Waals surface area contributed by atoms with E-state index in [0.29, 0.717) is 6.20 Å². The minimum absolute atomic E-state index is 0.0947. The number of carbonyl (C=O) groups is 1. The van der Waals surface area contributed by atoms with Crippen molar-refractivity contribution in [2.45, 2.75) is 19.8 Å². The normalized spacial score (nSPS) is 10.6. The summed E-state index contributed by atoms with van der Waals surface area (Å²) in [7, 11) is 0. The minimum atomic E-state index is -2.97. The lowest BCUT2D eigenvalue weighted by Gasteiger charge is -2.09. The maximum atomic E-state index is 12.6. The van der Waals surface area contributed by atoms with Crippen LogP contribution in [-0.4, -0.2) is 21.0 Å². The van der Waals surface area contributed by atoms with Gasteiger partial charge < -0.3 is 5.11 Å². The largest absolute Gasteiger partial charge is 0.481 e. The first-order valence-corrected chi connectivity index (χ1v) is 4.47. The molecular formula is C9H8F2N2O4. The van der Waals surface area contributed by atoms with E-state index in [1.165, 1.54) is 6.92 Å². The van der Waals surface area contributed by atoms with E-state index < -0.39 is 35.1 Å². The molecule has 92 valence electrons. The predicted molar refractivity (Wildman–Crippen MR) is 51.9 cm³/mol. The Hall–Kier alpha value is -2.12. The van der Waals surface area contributed by atoms with Crippen LogP contribution in [0.3, 0.4) is 0 Å². The molecule has 0 fully saturated rings. The van der Waals surface area contributed by atoms with Gasteiger partial charge in [0.1, 0.15) is 11.9 Å². The van der Waals surface area contributed by atoms with Crippen molar-refractivity contribution in [3.8, 4) is 0 Å². The van der Waals surface area contributed by atoms with Gasteiger partial charge in [-0.1, -0.05) is 0 Å². The van der Waals surface area contributed by atoms with Crippen molar-refractivity contribution in [1.29, 1.82) is 0 Å². The third-order valence-electron chi connectivity index (χ3n) is 2.20. The molecule has 1 N–H and O–H groups in total. The molecule has 1 heterocycles. The minimum Gasteiger partial charge on any atom is -0.481 e. The number of aromatic nitrogens is 1. The summed E-state index contributed by atoms with van der Waals surface area (Å²) < 4.78 is 25.1. The number of pyridine rings is 1. The highest BCUT2D eigenvalue weighted by Gasteiger charge is 2.24. The van der Waals surface area contributed by atoms with E-state index >= 15 is 0 Å². The second-order valence-corrected chi connectivity index (χ2v) is 3.26. The molecule has 0 saturated heterocycles. The summed E-state index contributed by atoms with van der Waals surface area (Å²) in [6.07, 6.45) is -2.98. The Bertz CT molecular complexity index is 476. The van der Waals surface area contributed by atoms with Crippen LogP contribution >= 0.6 is 0 Å². The summed E-state index contributed by atoms with van der Waals surface area (Å²) in [5.74, 6) is -1.35. The van der Waals surface area contributed by atoms with Gasteiger partial charge in [0.25, 0.3) is 12.1 Å². The summed E-state index contributed by atoms with van der Waals surface area (Å²) in [4.78, 5) is 23.6. The molecule has 0 aliphatic carbocycles. The average Bonchev–Trinajstić information content (AvgIpc) is 2.19. The second kappa shape index (κ2) is 4.81. The standard InChI is InChI=1S/C9H8F2N2O4/c1-4-5(2-7(14)15)8(9(10)11)12-3-6(4)13(16)17/h3,9H,2H2,1H3,(H,14,15). The number of alkyl halides is 2. The van der Waals surface area contributed by atoms with Crippen LogP contribution in [-0.2, 0) is 11.2 Å². The first-order chi connectivity index (χ1) is 7.84. The Labute approximate surface area is 94.1 Å². The molecule has 17 heavy (non-hydrogen) atoms. The average molecular weight is 246 g/mol. The van der Waals surface area contributed by atoms with E-state index in [1.54, 1.807) is 0 Å². The summed E-state index contributed by atoms with van der Waals surface area (Å²) in [5.41, 5.74) is -1.59. The van der Waals surface area contributed by atoms with Gasteiger partial charge in [-0.25, -0.2) is 13.8 Å². The van der Waals surface area contributed by atoms with Gasteiger partial charge in [0.15, 0.2) is 0 Å². The molecule has 6 nitrogen and oxygen atoms in total. The zero-order valence-corrected chi connectivity index (χ0v) is 8.68. The quantitative estimate of drug-likeness (QED) is 0.646. The number of nitro groups is 1. The molecule has 0 unspecified atom stereocenters. The third kappa shape index (κ3) is 2.71. The van der Waals surface area contributed by atoms with Crippen LogP contribution in [0, 0.1) is 17.0 Å². The van der Waals surface area contributed by atoms with E-state index in [9.17, 15) is 23.7 Å². The smallest absolute Gasteiger partial charge is 0.307 e. The SMILES string of the molecule is Cc1c([N+](=O)[O-])cnc(C(F)F)c1CC(=O)O. The Morgan fingerprint density at radius 2 is 2.24 bits per heavy atom. The van der Waals surface area contributed by atoms with Crippen molar-refractivity contribution in [3.05, 3.63) is 33.1 Å². The first kappa shape index (κ1) is 12.9. The zero-order chi connectivity index (χ0) is 13.2. The number of halogens is 2. The Morgan fingerprint density at radius 3 is 2.65 bits per heavy atom. The lowest BCUT2D eigenvalue weighted by atomic mass is 10.0. The summed E-state index contributed by atoms with van der Waals surface area (Å²) in [6.45, 7) is 1.23. The number of carboxylic acids is 1. The number of rotatable bonds is 4. The fourth-order valence-corrected chi connectivity index (χ4v) is 1.40. The molecule has 0 amide bonds. The highest BCUT2D eigenvalue weighted by Crippen LogP contribution is 2.28. The number of aliphatic carboxylic acids is 1. The number of hydrogen-bond donors (Lipinski definition) is 1. The molecule has 1 rings (SSSR count). The molecule has 0 aliphatic rings. The Balaban J connectivity index is 3.41. The lowest BCUT2D eigenvalue weighted by Crippen LogP contribution is -2.10. The molecule has 0 radical (unpaired) electrons. The molecule has 0 bridgehead atoms. The maximum Gasteiger partial charge on any atom is 0.307 e. The van der Waals surface area contributed by atoms with Crippen molar-refractivity contribution in [1.82, 2.24) is 4.98 Å². The fourth-order valence-electron chi connectivity index (χ4n) is 1.40. The van der Waals surface area contributed by atoms with Gasteiger partial charge in [-0.2, -0.15) is 0 Å². The number of carboxylic acid groups (broad SMARTS) is 1. The van der Waals surface area contributed by atoms with E-state index in [4.69, 9.17) is 5.11 Å². The van der Waals surface area contributed by atoms with Gasteiger partial charge in [-0.3, -0.25) is 14.9 Å². The van der Waals surface area contributed by atoms with E-state index in [2.05, 4.69) is 4.98 Å². The monoisotopic (exact) mass is 246 g/mol. The molecule has 0 aliphatic heterocycles. The van der Waals surface area contributed by atoms with Gasteiger partial charge in [-0.15, -0.1) is 0 Å². The van der Waals surface area contributed by atoms with Crippen molar-refractivity contribution in [3.63, 3.8) is 0 Å². The lowest BCUT2D eigenvalue weighted by molar-refractivity contribution is -0.385. The van der Waals surface area contributed by atoms with Crippen LogP contribution in [0.1, 0.15) is 23.2 Å². The first-order valence-electron chi connectivity index (χ1n) is 4.47. The van der Waals surface area contributed by atoms with Gasteiger partial charge in [-0.05, 0) is 6.92 Å². The topological polar surface area (TPSA) is 93.3 Å². The number of nitrogens with zero attached hydrogens (tertiary/aromatic N) is 2. The van der Waals surface area contributed by atoms with Crippen molar-refractivity contribution >= 4 is 11.7 Å². The highest BCUT2D eigenvalue weighted by molar-refractivity contribution is 5.72. The molecule has 1 aromatic rings. The van der Waals surface area contributed by atoms with E-state index in [0.717, 1.165) is 0 Å². The molecule has 0 saturated carbocycles. The molecule has 8 heteroatoms. The summed E-state index contributed by atoms with van der Waals surface area (Å²) >= 11 is 0. The summed E-state index contributed by atoms with van der Waals surface area (Å²) in [6, 6.07) is 0. The predicted octanol–water partition coefficient (Wildman–Crippen LogP) is 1.86. The van der Waals surface area contributed by atoms with Gasteiger partial charge in [0.2, 0.25) is 0 Å².